The Morgan fingerprint density at radius 1 is 1.44 bits per heavy atom. The van der Waals surface area contributed by atoms with Crippen molar-refractivity contribution in [2.75, 3.05) is 0 Å². The molecule has 2 aliphatic rings. The van der Waals surface area contributed by atoms with Gasteiger partial charge in [-0.15, -0.1) is 5.10 Å². The highest BCUT2D eigenvalue weighted by molar-refractivity contribution is 5.85. The summed E-state index contributed by atoms with van der Waals surface area (Å²) in [5.74, 6) is 0.0888. The van der Waals surface area contributed by atoms with Crippen LogP contribution in [0.4, 0.5) is 0 Å². The smallest absolute Gasteiger partial charge is 0.243 e. The Balaban J connectivity index is 2.20. The monoisotopic (exact) mass is 244 g/mol. The molecule has 94 valence electrons. The van der Waals surface area contributed by atoms with Crippen molar-refractivity contribution >= 4 is 5.90 Å². The van der Waals surface area contributed by atoms with Crippen LogP contribution in [0.3, 0.4) is 0 Å². The highest BCUT2D eigenvalue weighted by Crippen LogP contribution is 2.51. The summed E-state index contributed by atoms with van der Waals surface area (Å²) < 4.78 is 5.40. The van der Waals surface area contributed by atoms with E-state index in [9.17, 15) is 5.26 Å². The van der Waals surface area contributed by atoms with Gasteiger partial charge in [0.2, 0.25) is 11.8 Å². The van der Waals surface area contributed by atoms with E-state index < -0.39 is 5.92 Å². The van der Waals surface area contributed by atoms with Gasteiger partial charge < -0.3 is 4.74 Å². The molecular weight excluding hydrogens is 228 g/mol. The van der Waals surface area contributed by atoms with Crippen LogP contribution in [-0.4, -0.2) is 16.1 Å². The van der Waals surface area contributed by atoms with Gasteiger partial charge in [-0.05, 0) is 19.8 Å². The van der Waals surface area contributed by atoms with Crippen molar-refractivity contribution in [2.45, 2.75) is 44.4 Å². The Morgan fingerprint density at radius 2 is 2.17 bits per heavy atom. The first-order valence-corrected chi connectivity index (χ1v) is 6.40. The van der Waals surface area contributed by atoms with E-state index in [1.54, 1.807) is 0 Å². The second-order valence-electron chi connectivity index (χ2n) is 5.27. The summed E-state index contributed by atoms with van der Waals surface area (Å²) in [6.45, 7) is 1.97. The molecule has 1 aliphatic heterocycles. The molecule has 1 aromatic heterocycles. The van der Waals surface area contributed by atoms with Gasteiger partial charge in [-0.3, -0.25) is 10.5 Å². The van der Waals surface area contributed by atoms with Gasteiger partial charge in [0.15, 0.2) is 0 Å². The fourth-order valence-corrected chi connectivity index (χ4v) is 3.53. The Hall–Kier alpha value is -1.83. The first-order valence-electron chi connectivity index (χ1n) is 6.40. The van der Waals surface area contributed by atoms with Crippen molar-refractivity contribution in [3.8, 4) is 11.9 Å². The second kappa shape index (κ2) is 3.84. The van der Waals surface area contributed by atoms with Crippen LogP contribution in [0.2, 0.25) is 0 Å². The minimum Gasteiger partial charge on any atom is -0.422 e. The number of hydrogen-bond donors (Lipinski definition) is 2. The molecule has 0 saturated heterocycles. The third kappa shape index (κ3) is 1.32. The first-order chi connectivity index (χ1) is 8.69. The van der Waals surface area contributed by atoms with Gasteiger partial charge in [-0.25, -0.2) is 0 Å². The lowest BCUT2D eigenvalue weighted by Gasteiger charge is -2.43. The molecule has 0 radical (unpaired) electrons. The number of nitriles is 1. The van der Waals surface area contributed by atoms with Gasteiger partial charge in [0, 0.05) is 16.7 Å². The maximum absolute atomic E-state index is 9.43. The van der Waals surface area contributed by atoms with Crippen molar-refractivity contribution < 1.29 is 4.74 Å². The van der Waals surface area contributed by atoms with E-state index in [-0.39, 0.29) is 11.3 Å². The lowest BCUT2D eigenvalue weighted by molar-refractivity contribution is 0.227. The molecule has 1 unspecified atom stereocenters. The number of fused-ring (bicyclic) bond motifs is 2. The second-order valence-corrected chi connectivity index (χ2v) is 5.27. The Morgan fingerprint density at radius 3 is 2.83 bits per heavy atom. The summed E-state index contributed by atoms with van der Waals surface area (Å²) in [6.07, 6.45) is 5.32. The molecule has 1 aliphatic carbocycles. The van der Waals surface area contributed by atoms with E-state index in [2.05, 4.69) is 16.3 Å². The summed E-state index contributed by atoms with van der Waals surface area (Å²) in [5, 5.41) is 24.4. The molecule has 2 heterocycles. The zero-order valence-electron chi connectivity index (χ0n) is 10.4. The quantitative estimate of drug-likeness (QED) is 0.734. The molecule has 0 amide bonds. The highest BCUT2D eigenvalue weighted by atomic mass is 16.5. The van der Waals surface area contributed by atoms with E-state index in [1.807, 2.05) is 6.92 Å². The molecule has 2 N–H and O–H groups in total. The fourth-order valence-electron chi connectivity index (χ4n) is 3.53. The van der Waals surface area contributed by atoms with E-state index >= 15 is 0 Å². The van der Waals surface area contributed by atoms with Crippen LogP contribution >= 0.6 is 0 Å². The fraction of sp³-hybridized carbons (Fsp3) is 0.615. The van der Waals surface area contributed by atoms with Crippen molar-refractivity contribution in [2.24, 2.45) is 5.92 Å². The maximum atomic E-state index is 9.43. The standard InChI is InChI=1S/C13H16N4O/c1-8-10-12(17-16-8)18-11(15)9(7-14)13(10)5-3-2-4-6-13/h9,15H,2-6H2,1H3,(H,16,17). The van der Waals surface area contributed by atoms with Crippen molar-refractivity contribution in [1.82, 2.24) is 10.2 Å². The van der Waals surface area contributed by atoms with Crippen molar-refractivity contribution in [3.63, 3.8) is 0 Å². The minimum atomic E-state index is -0.471. The van der Waals surface area contributed by atoms with Gasteiger partial charge >= 0.3 is 0 Å². The average molecular weight is 244 g/mol. The number of aryl methyl sites for hydroxylation is 1. The molecule has 1 aromatic rings. The summed E-state index contributed by atoms with van der Waals surface area (Å²) in [5.41, 5.74) is 1.75. The zero-order chi connectivity index (χ0) is 12.8. The first kappa shape index (κ1) is 11.3. The van der Waals surface area contributed by atoms with Gasteiger partial charge in [-0.1, -0.05) is 19.3 Å². The summed E-state index contributed by atoms with van der Waals surface area (Å²) >= 11 is 0. The number of ether oxygens (including phenoxy) is 1. The highest BCUT2D eigenvalue weighted by Gasteiger charge is 2.51. The number of aromatic nitrogens is 2. The van der Waals surface area contributed by atoms with E-state index in [1.165, 1.54) is 6.42 Å². The Labute approximate surface area is 106 Å². The van der Waals surface area contributed by atoms with Crippen LogP contribution in [0.5, 0.6) is 5.88 Å². The van der Waals surface area contributed by atoms with Crippen LogP contribution < -0.4 is 4.74 Å². The molecule has 1 saturated carbocycles. The number of nitrogens with one attached hydrogen (secondary N) is 2. The van der Waals surface area contributed by atoms with Crippen LogP contribution in [-0.2, 0) is 5.41 Å². The van der Waals surface area contributed by atoms with E-state index in [0.717, 1.165) is 36.9 Å². The molecule has 5 nitrogen and oxygen atoms in total. The van der Waals surface area contributed by atoms with E-state index in [0.29, 0.717) is 5.88 Å². The number of hydrogen-bond acceptors (Lipinski definition) is 4. The van der Waals surface area contributed by atoms with Crippen molar-refractivity contribution in [3.05, 3.63) is 11.3 Å². The predicted molar refractivity (Wildman–Crippen MR) is 65.5 cm³/mol. The normalized spacial score (nSPS) is 25.3. The van der Waals surface area contributed by atoms with Crippen LogP contribution in [0.15, 0.2) is 0 Å². The summed E-state index contributed by atoms with van der Waals surface area (Å²) in [6, 6.07) is 2.28. The SMILES string of the molecule is Cc1[nH]nc2c1C1(CCCCC1)C(C#N)C(=N)O2. The average Bonchev–Trinajstić information content (AvgIpc) is 2.73. The lowest BCUT2D eigenvalue weighted by Crippen LogP contribution is -2.46. The maximum Gasteiger partial charge on any atom is 0.243 e. The number of aromatic amines is 1. The lowest BCUT2D eigenvalue weighted by atomic mass is 9.61. The Kier molecular flexibility index (Phi) is 2.40. The van der Waals surface area contributed by atoms with Crippen LogP contribution in [0.1, 0.15) is 43.4 Å². The van der Waals surface area contributed by atoms with Gasteiger partial charge in [-0.2, -0.15) is 5.26 Å². The van der Waals surface area contributed by atoms with Gasteiger partial charge in [0.25, 0.3) is 0 Å². The molecule has 3 rings (SSSR count). The van der Waals surface area contributed by atoms with Gasteiger partial charge in [0.05, 0.1) is 6.07 Å². The van der Waals surface area contributed by atoms with Gasteiger partial charge in [0.1, 0.15) is 5.92 Å². The van der Waals surface area contributed by atoms with Crippen molar-refractivity contribution in [1.29, 1.82) is 10.7 Å². The van der Waals surface area contributed by atoms with Crippen LogP contribution in [0.25, 0.3) is 0 Å². The topological polar surface area (TPSA) is 85.5 Å². The largest absolute Gasteiger partial charge is 0.422 e. The molecule has 1 spiro atoms. The molecular formula is C13H16N4O. The van der Waals surface area contributed by atoms with Crippen LogP contribution in [0, 0.1) is 29.6 Å². The Bertz CT molecular complexity index is 534. The molecule has 18 heavy (non-hydrogen) atoms. The van der Waals surface area contributed by atoms with E-state index in [4.69, 9.17) is 10.1 Å². The molecule has 0 aromatic carbocycles. The number of H-pyrrole nitrogens is 1. The number of rotatable bonds is 0. The zero-order valence-corrected chi connectivity index (χ0v) is 10.4. The third-order valence-electron chi connectivity index (χ3n) is 4.31. The molecule has 0 bridgehead atoms. The molecule has 1 fully saturated rings. The minimum absolute atomic E-state index is 0.0541. The molecule has 1 atom stereocenters. The number of nitrogens with zero attached hydrogens (tertiary/aromatic N) is 2. The summed E-state index contributed by atoms with van der Waals surface area (Å²) in [7, 11) is 0. The predicted octanol–water partition coefficient (Wildman–Crippen LogP) is 2.43. The summed E-state index contributed by atoms with van der Waals surface area (Å²) in [4.78, 5) is 0. The molecule has 5 heteroatoms. The third-order valence-corrected chi connectivity index (χ3v) is 4.31.